The average Bonchev–Trinajstić information content (AvgIpc) is 4.00. The van der Waals surface area contributed by atoms with E-state index in [-0.39, 0.29) is 10.4 Å². The van der Waals surface area contributed by atoms with Gasteiger partial charge in [-0.3, -0.25) is 4.55 Å². The Balaban J connectivity index is 1.54. The highest BCUT2D eigenvalue weighted by Gasteiger charge is 2.24. The first-order valence-corrected chi connectivity index (χ1v) is 18.3. The number of rotatable bonds is 5. The van der Waals surface area contributed by atoms with E-state index >= 15 is 0 Å². The van der Waals surface area contributed by atoms with Crippen LogP contribution in [0.4, 0.5) is 0 Å². The Hall–Kier alpha value is -6.61. The molecule has 52 heavy (non-hydrogen) atoms. The molecule has 7 aromatic rings. The minimum absolute atomic E-state index is 0.229. The summed E-state index contributed by atoms with van der Waals surface area (Å²) in [5.74, 6) is 0. The molecular weight excluding hydrogens is 665 g/mol. The molecule has 3 N–H and O–H groups in total. The molecule has 250 valence electrons. The second-order valence-electron chi connectivity index (χ2n) is 12.6. The molecule has 0 aliphatic carbocycles. The Labute approximate surface area is 300 Å². The van der Waals surface area contributed by atoms with Crippen molar-refractivity contribution in [1.82, 2.24) is 19.9 Å². The van der Waals surface area contributed by atoms with Crippen LogP contribution in [0.2, 0.25) is 0 Å². The lowest BCUT2D eigenvalue weighted by Crippen LogP contribution is -1.98. The van der Waals surface area contributed by atoms with Crippen LogP contribution in [0.5, 0.6) is 0 Å². The number of hydrogen-bond acceptors (Lipinski definition) is 4. The summed E-state index contributed by atoms with van der Waals surface area (Å²) in [6.07, 6.45) is 7.89. The largest absolute Gasteiger partial charge is 0.354 e. The Morgan fingerprint density at radius 1 is 0.423 bits per heavy atom. The van der Waals surface area contributed by atoms with Crippen molar-refractivity contribution in [1.29, 1.82) is 0 Å². The van der Waals surface area contributed by atoms with Crippen LogP contribution in [-0.2, 0) is 10.1 Å². The van der Waals surface area contributed by atoms with Crippen molar-refractivity contribution in [3.05, 3.63) is 162 Å². The van der Waals surface area contributed by atoms with E-state index in [1.807, 2.05) is 146 Å². The van der Waals surface area contributed by atoms with E-state index in [1.54, 1.807) is 0 Å². The van der Waals surface area contributed by atoms with E-state index in [9.17, 15) is 13.0 Å². The minimum atomic E-state index is -4.71. The molecule has 3 aromatic heterocycles. The number of aromatic amines is 2. The fourth-order valence-corrected chi connectivity index (χ4v) is 7.77. The van der Waals surface area contributed by atoms with Gasteiger partial charge in [0.05, 0.1) is 28.3 Å². The van der Waals surface area contributed by atoms with Crippen molar-refractivity contribution in [3.8, 4) is 44.5 Å². The number of nitrogens with zero attached hydrogens (tertiary/aromatic N) is 2. The van der Waals surface area contributed by atoms with Gasteiger partial charge in [0.25, 0.3) is 10.1 Å². The molecule has 0 fully saturated rings. The lowest BCUT2D eigenvalue weighted by molar-refractivity contribution is 0.484. The third kappa shape index (κ3) is 5.56. The minimum Gasteiger partial charge on any atom is -0.354 e. The lowest BCUT2D eigenvalue weighted by atomic mass is 10.0. The van der Waals surface area contributed by atoms with E-state index in [1.165, 1.54) is 6.07 Å². The van der Waals surface area contributed by atoms with E-state index in [2.05, 4.69) is 22.1 Å². The summed E-state index contributed by atoms with van der Waals surface area (Å²) < 4.78 is 37.3. The topological polar surface area (TPSA) is 112 Å². The zero-order chi connectivity index (χ0) is 35.2. The van der Waals surface area contributed by atoms with E-state index < -0.39 is 10.1 Å². The van der Waals surface area contributed by atoms with Gasteiger partial charge in [-0.05, 0) is 64.8 Å². The van der Waals surface area contributed by atoms with Gasteiger partial charge in [-0.25, -0.2) is 9.97 Å². The molecule has 8 bridgehead atoms. The number of fused-ring (bicyclic) bond motifs is 8. The molecule has 2 aliphatic rings. The van der Waals surface area contributed by atoms with Crippen LogP contribution in [0.3, 0.4) is 0 Å². The van der Waals surface area contributed by atoms with E-state index in [0.29, 0.717) is 22.5 Å². The molecule has 9 rings (SSSR count). The number of aromatic nitrogens is 4. The van der Waals surface area contributed by atoms with Gasteiger partial charge in [-0.2, -0.15) is 8.42 Å². The van der Waals surface area contributed by atoms with Crippen LogP contribution in [0, 0.1) is 0 Å². The van der Waals surface area contributed by atoms with Gasteiger partial charge in [0.15, 0.2) is 0 Å². The first-order valence-electron chi connectivity index (χ1n) is 16.8. The lowest BCUT2D eigenvalue weighted by Gasteiger charge is -2.07. The molecule has 4 aromatic carbocycles. The fourth-order valence-electron chi connectivity index (χ4n) is 7.09. The van der Waals surface area contributed by atoms with Crippen LogP contribution in [0.25, 0.3) is 90.9 Å². The van der Waals surface area contributed by atoms with Crippen molar-refractivity contribution in [2.24, 2.45) is 0 Å². The zero-order valence-electron chi connectivity index (χ0n) is 27.7. The second-order valence-corrected chi connectivity index (χ2v) is 14.0. The third-order valence-electron chi connectivity index (χ3n) is 9.36. The SMILES string of the molecule is O=S(=O)(O)c1cc2[nH]c1c(-c1ccccc1)c1nc(c(-c3ccccc3)c3nc(c(-c4ccccc4)c4ccc([nH]4)c2-c2ccccc2)C=C3)C=C1. The van der Waals surface area contributed by atoms with E-state index in [0.717, 1.165) is 61.4 Å². The molecule has 0 radical (unpaired) electrons. The Kier molecular flexibility index (Phi) is 7.61. The summed E-state index contributed by atoms with van der Waals surface area (Å²) in [5, 5.41) is 0. The maximum atomic E-state index is 13.3. The summed E-state index contributed by atoms with van der Waals surface area (Å²) in [7, 11) is -4.71. The molecule has 0 atom stereocenters. The summed E-state index contributed by atoms with van der Waals surface area (Å²) in [5.41, 5.74) is 11.5. The van der Waals surface area contributed by atoms with Crippen LogP contribution in [0.15, 0.2) is 144 Å². The molecule has 0 spiro atoms. The van der Waals surface area contributed by atoms with Gasteiger partial charge >= 0.3 is 0 Å². The number of hydrogen-bond donors (Lipinski definition) is 3. The quantitative estimate of drug-likeness (QED) is 0.155. The highest BCUT2D eigenvalue weighted by Crippen LogP contribution is 2.40. The normalized spacial score (nSPS) is 12.3. The molecule has 0 unspecified atom stereocenters. The van der Waals surface area contributed by atoms with Crippen LogP contribution in [-0.4, -0.2) is 32.9 Å². The molecule has 2 aliphatic heterocycles. The van der Waals surface area contributed by atoms with Crippen LogP contribution < -0.4 is 0 Å². The highest BCUT2D eigenvalue weighted by atomic mass is 32.2. The van der Waals surface area contributed by atoms with Gasteiger partial charge in [-0.15, -0.1) is 0 Å². The molecule has 8 heteroatoms. The van der Waals surface area contributed by atoms with Crippen LogP contribution in [0.1, 0.15) is 22.8 Å². The van der Waals surface area contributed by atoms with Gasteiger partial charge in [0.2, 0.25) is 0 Å². The van der Waals surface area contributed by atoms with Crippen molar-refractivity contribution in [3.63, 3.8) is 0 Å². The second kappa shape index (κ2) is 12.6. The third-order valence-corrected chi connectivity index (χ3v) is 10.2. The maximum absolute atomic E-state index is 13.3. The summed E-state index contributed by atoms with van der Waals surface area (Å²) in [6, 6.07) is 44.9. The Bertz CT molecular complexity index is 2840. The molecule has 0 amide bonds. The maximum Gasteiger partial charge on any atom is 0.296 e. The molecular formula is C44H30N4O3S. The average molecular weight is 695 g/mol. The van der Waals surface area contributed by atoms with Gasteiger partial charge < -0.3 is 9.97 Å². The smallest absolute Gasteiger partial charge is 0.296 e. The Morgan fingerprint density at radius 2 is 0.808 bits per heavy atom. The van der Waals surface area contributed by atoms with Crippen molar-refractivity contribution in [2.75, 3.05) is 0 Å². The Morgan fingerprint density at radius 3 is 1.29 bits per heavy atom. The monoisotopic (exact) mass is 694 g/mol. The number of nitrogens with one attached hydrogen (secondary N) is 2. The predicted octanol–water partition coefficient (Wildman–Crippen LogP) is 10.6. The van der Waals surface area contributed by atoms with Gasteiger partial charge in [0, 0.05) is 38.8 Å². The highest BCUT2D eigenvalue weighted by molar-refractivity contribution is 7.86. The molecule has 7 nitrogen and oxygen atoms in total. The molecule has 0 saturated carbocycles. The molecule has 0 saturated heterocycles. The predicted molar refractivity (Wildman–Crippen MR) is 210 cm³/mol. The van der Waals surface area contributed by atoms with Crippen molar-refractivity contribution < 1.29 is 13.0 Å². The van der Waals surface area contributed by atoms with Gasteiger partial charge in [0.1, 0.15) is 4.90 Å². The standard InChI is InChI=1S/C44H30N4O3S/c49-52(50,51)39-27-38-42(30-17-9-3-10-18-30)36-24-23-34(46-36)40(28-13-5-1-6-14-28)32-21-22-33(45-32)41(29-15-7-2-8-16-29)35-25-26-37(47-35)43(44(39)48-38)31-19-11-4-12-20-31/h1-27,46,48H,(H,49,50,51). The van der Waals surface area contributed by atoms with Crippen molar-refractivity contribution >= 4 is 56.5 Å². The number of benzene rings is 4. The first kappa shape index (κ1) is 31.4. The zero-order valence-corrected chi connectivity index (χ0v) is 28.5. The summed E-state index contributed by atoms with van der Waals surface area (Å²) >= 11 is 0. The fraction of sp³-hybridized carbons (Fsp3) is 0. The van der Waals surface area contributed by atoms with Gasteiger partial charge in [-0.1, -0.05) is 121 Å². The molecule has 5 heterocycles. The summed E-state index contributed by atoms with van der Waals surface area (Å²) in [6.45, 7) is 0. The number of H-pyrrole nitrogens is 2. The first-order chi connectivity index (χ1) is 25.4. The summed E-state index contributed by atoms with van der Waals surface area (Å²) in [4.78, 5) is 17.3. The van der Waals surface area contributed by atoms with Crippen LogP contribution >= 0.6 is 0 Å². The van der Waals surface area contributed by atoms with E-state index in [4.69, 9.17) is 9.97 Å². The van der Waals surface area contributed by atoms with Crippen molar-refractivity contribution in [2.45, 2.75) is 4.90 Å².